The van der Waals surface area contributed by atoms with Crippen molar-refractivity contribution in [3.8, 4) is 0 Å². The van der Waals surface area contributed by atoms with Crippen LogP contribution in [-0.4, -0.2) is 67.6 Å². The van der Waals surface area contributed by atoms with Gasteiger partial charge in [-0.05, 0) is 37.2 Å². The normalized spacial score (nSPS) is 16.0. The van der Waals surface area contributed by atoms with E-state index >= 15 is 0 Å². The van der Waals surface area contributed by atoms with E-state index in [1.165, 1.54) is 12.1 Å². The number of nitrogens with zero attached hydrogens (tertiary/aromatic N) is 2. The van der Waals surface area contributed by atoms with Crippen molar-refractivity contribution in [3.63, 3.8) is 0 Å². The van der Waals surface area contributed by atoms with Crippen LogP contribution in [0.15, 0.2) is 24.3 Å². The molecule has 0 aromatic heterocycles. The van der Waals surface area contributed by atoms with E-state index in [1.807, 2.05) is 4.90 Å². The standard InChI is InChI=1S/C15H19F3N2O2.Li/c16-15(17,18)12-3-5-13(6-4-12)20-10-8-19(9-11-20)7-1-2-14(21)22;/h3-6H,1-2,7-11H2,(H,21,22);. The SMILES string of the molecule is O=C(O)CCCN1CCN(c2ccc(C(F)(F)F)cc2)CC1.[Li]. The first kappa shape index (κ1) is 19.9. The Morgan fingerprint density at radius 2 is 1.65 bits per heavy atom. The Hall–Kier alpha value is -1.16. The van der Waals surface area contributed by atoms with Gasteiger partial charge in [-0.15, -0.1) is 0 Å². The van der Waals surface area contributed by atoms with Crippen molar-refractivity contribution in [2.24, 2.45) is 0 Å². The molecule has 123 valence electrons. The molecule has 1 heterocycles. The van der Waals surface area contributed by atoms with Gasteiger partial charge in [0.2, 0.25) is 0 Å². The van der Waals surface area contributed by atoms with E-state index in [0.717, 1.165) is 50.5 Å². The van der Waals surface area contributed by atoms with Gasteiger partial charge in [-0.3, -0.25) is 9.69 Å². The fourth-order valence-corrected chi connectivity index (χ4v) is 2.54. The van der Waals surface area contributed by atoms with E-state index in [2.05, 4.69) is 4.90 Å². The molecule has 1 radical (unpaired) electrons. The molecule has 1 aliphatic heterocycles. The topological polar surface area (TPSA) is 43.8 Å². The molecule has 0 amide bonds. The second-order valence-electron chi connectivity index (χ2n) is 5.37. The van der Waals surface area contributed by atoms with Gasteiger partial charge in [-0.2, -0.15) is 13.2 Å². The van der Waals surface area contributed by atoms with Gasteiger partial charge in [0.05, 0.1) is 5.56 Å². The fourth-order valence-electron chi connectivity index (χ4n) is 2.54. The monoisotopic (exact) mass is 323 g/mol. The average Bonchev–Trinajstić information content (AvgIpc) is 2.47. The summed E-state index contributed by atoms with van der Waals surface area (Å²) in [4.78, 5) is 14.7. The van der Waals surface area contributed by atoms with Gasteiger partial charge in [0.1, 0.15) is 0 Å². The van der Waals surface area contributed by atoms with Crippen molar-refractivity contribution in [1.82, 2.24) is 4.90 Å². The molecule has 1 aliphatic rings. The molecule has 1 aromatic carbocycles. The van der Waals surface area contributed by atoms with Gasteiger partial charge in [0.25, 0.3) is 0 Å². The summed E-state index contributed by atoms with van der Waals surface area (Å²) in [6.45, 7) is 3.80. The smallest absolute Gasteiger partial charge is 0.416 e. The summed E-state index contributed by atoms with van der Waals surface area (Å²) in [5, 5.41) is 8.61. The molecular formula is C15H19F3LiN2O2. The maximum atomic E-state index is 12.5. The Morgan fingerprint density at radius 3 is 2.13 bits per heavy atom. The molecule has 0 unspecified atom stereocenters. The van der Waals surface area contributed by atoms with E-state index in [0.29, 0.717) is 6.42 Å². The third kappa shape index (κ3) is 6.09. The van der Waals surface area contributed by atoms with E-state index < -0.39 is 17.7 Å². The first-order chi connectivity index (χ1) is 10.4. The van der Waals surface area contributed by atoms with Gasteiger partial charge in [-0.1, -0.05) is 0 Å². The molecule has 8 heteroatoms. The number of anilines is 1. The molecular weight excluding hydrogens is 304 g/mol. The summed E-state index contributed by atoms with van der Waals surface area (Å²) in [7, 11) is 0. The molecule has 1 N–H and O–H groups in total. The van der Waals surface area contributed by atoms with Crippen LogP contribution >= 0.6 is 0 Å². The van der Waals surface area contributed by atoms with Crippen LogP contribution in [0.4, 0.5) is 18.9 Å². The van der Waals surface area contributed by atoms with E-state index in [4.69, 9.17) is 5.11 Å². The predicted molar refractivity (Wildman–Crippen MR) is 82.7 cm³/mol. The molecule has 0 atom stereocenters. The Morgan fingerprint density at radius 1 is 1.09 bits per heavy atom. The summed E-state index contributed by atoms with van der Waals surface area (Å²) in [6, 6.07) is 5.22. The summed E-state index contributed by atoms with van der Waals surface area (Å²) in [5.74, 6) is -0.789. The second-order valence-corrected chi connectivity index (χ2v) is 5.37. The number of rotatable bonds is 5. The number of aliphatic carboxylic acids is 1. The van der Waals surface area contributed by atoms with Crippen molar-refractivity contribution in [2.75, 3.05) is 37.6 Å². The van der Waals surface area contributed by atoms with E-state index in [1.54, 1.807) is 0 Å². The van der Waals surface area contributed by atoms with Crippen molar-refractivity contribution < 1.29 is 23.1 Å². The molecule has 23 heavy (non-hydrogen) atoms. The molecule has 0 aliphatic carbocycles. The predicted octanol–water partition coefficient (Wildman–Crippen LogP) is 2.31. The van der Waals surface area contributed by atoms with Gasteiger partial charge < -0.3 is 10.0 Å². The van der Waals surface area contributed by atoms with Crippen molar-refractivity contribution >= 4 is 30.5 Å². The number of hydrogen-bond acceptors (Lipinski definition) is 3. The first-order valence-electron chi connectivity index (χ1n) is 7.22. The van der Waals surface area contributed by atoms with Crippen LogP contribution in [0.25, 0.3) is 0 Å². The van der Waals surface area contributed by atoms with Gasteiger partial charge in [-0.25, -0.2) is 0 Å². The molecule has 2 rings (SSSR count). The van der Waals surface area contributed by atoms with Crippen LogP contribution < -0.4 is 4.90 Å². The van der Waals surface area contributed by atoms with E-state index in [9.17, 15) is 18.0 Å². The molecule has 1 aromatic rings. The third-order valence-electron chi connectivity index (χ3n) is 3.80. The Labute approximate surface area is 145 Å². The fraction of sp³-hybridized carbons (Fsp3) is 0.533. The zero-order valence-corrected chi connectivity index (χ0v) is 13.1. The summed E-state index contributed by atoms with van der Waals surface area (Å²) >= 11 is 0. The molecule has 1 fully saturated rings. The number of carbonyl (C=O) groups is 1. The Bertz CT molecular complexity index is 500. The van der Waals surface area contributed by atoms with Gasteiger partial charge >= 0.3 is 12.1 Å². The number of carboxylic acid groups (broad SMARTS) is 1. The van der Waals surface area contributed by atoms with Gasteiger partial charge in [0, 0.05) is 57.1 Å². The van der Waals surface area contributed by atoms with Crippen LogP contribution in [0.5, 0.6) is 0 Å². The van der Waals surface area contributed by atoms with Crippen LogP contribution in [0.2, 0.25) is 0 Å². The van der Waals surface area contributed by atoms with Crippen LogP contribution in [0.3, 0.4) is 0 Å². The number of piperazine rings is 1. The van der Waals surface area contributed by atoms with Crippen molar-refractivity contribution in [3.05, 3.63) is 29.8 Å². The largest absolute Gasteiger partial charge is 0.481 e. The average molecular weight is 323 g/mol. The number of hydrogen-bond donors (Lipinski definition) is 1. The third-order valence-corrected chi connectivity index (χ3v) is 3.80. The number of benzene rings is 1. The molecule has 1 saturated heterocycles. The molecule has 4 nitrogen and oxygen atoms in total. The summed E-state index contributed by atoms with van der Waals surface area (Å²) in [6.07, 6.45) is -3.52. The number of alkyl halides is 3. The van der Waals surface area contributed by atoms with E-state index in [-0.39, 0.29) is 25.3 Å². The molecule has 0 spiro atoms. The van der Waals surface area contributed by atoms with Crippen molar-refractivity contribution in [2.45, 2.75) is 19.0 Å². The summed E-state index contributed by atoms with van der Waals surface area (Å²) in [5.41, 5.74) is 0.154. The van der Waals surface area contributed by atoms with Gasteiger partial charge in [0.15, 0.2) is 0 Å². The first-order valence-corrected chi connectivity index (χ1v) is 7.22. The minimum atomic E-state index is -4.30. The summed E-state index contributed by atoms with van der Waals surface area (Å²) < 4.78 is 37.6. The van der Waals surface area contributed by atoms with Crippen LogP contribution in [0.1, 0.15) is 18.4 Å². The minimum Gasteiger partial charge on any atom is -0.481 e. The molecule has 0 bridgehead atoms. The number of halogens is 3. The van der Waals surface area contributed by atoms with Crippen molar-refractivity contribution in [1.29, 1.82) is 0 Å². The quantitative estimate of drug-likeness (QED) is 0.845. The molecule has 0 saturated carbocycles. The number of carboxylic acids is 1. The van der Waals surface area contributed by atoms with Crippen LogP contribution in [0, 0.1) is 0 Å². The minimum absolute atomic E-state index is 0. The van der Waals surface area contributed by atoms with Crippen LogP contribution in [-0.2, 0) is 11.0 Å². The Balaban J connectivity index is 0.00000264. The Kier molecular flexibility index (Phi) is 7.45. The second kappa shape index (κ2) is 8.62. The maximum absolute atomic E-state index is 12.5. The zero-order valence-electron chi connectivity index (χ0n) is 13.1. The zero-order chi connectivity index (χ0) is 16.2. The maximum Gasteiger partial charge on any atom is 0.416 e.